The van der Waals surface area contributed by atoms with Gasteiger partial charge in [0.25, 0.3) is 0 Å². The topological polar surface area (TPSA) is 33.0 Å². The first-order valence-corrected chi connectivity index (χ1v) is 6.94. The Labute approximate surface area is 110 Å². The Hall–Kier alpha value is -1.01. The third-order valence-electron chi connectivity index (χ3n) is 3.84. The zero-order valence-corrected chi connectivity index (χ0v) is 11.2. The summed E-state index contributed by atoms with van der Waals surface area (Å²) in [5, 5.41) is 8.73. The molecule has 3 rings (SSSR count). The van der Waals surface area contributed by atoms with Crippen molar-refractivity contribution < 1.29 is 4.74 Å². The van der Waals surface area contributed by atoms with Gasteiger partial charge in [-0.2, -0.15) is 5.26 Å². The van der Waals surface area contributed by atoms with E-state index in [0.717, 1.165) is 36.1 Å². The number of halogens is 1. The highest BCUT2D eigenvalue weighted by Crippen LogP contribution is 2.46. The van der Waals surface area contributed by atoms with Crippen molar-refractivity contribution in [3.8, 4) is 11.8 Å². The largest absolute Gasteiger partial charge is 0.492 e. The molecule has 17 heavy (non-hydrogen) atoms. The number of nitrogens with zero attached hydrogens (tertiary/aromatic N) is 1. The van der Waals surface area contributed by atoms with Gasteiger partial charge in [0.2, 0.25) is 0 Å². The van der Waals surface area contributed by atoms with Crippen LogP contribution in [0.3, 0.4) is 0 Å². The van der Waals surface area contributed by atoms with E-state index in [4.69, 9.17) is 10.00 Å². The van der Waals surface area contributed by atoms with Gasteiger partial charge in [-0.1, -0.05) is 0 Å². The molecule has 0 saturated heterocycles. The van der Waals surface area contributed by atoms with E-state index in [9.17, 15) is 0 Å². The molecule has 0 aromatic heterocycles. The van der Waals surface area contributed by atoms with E-state index in [1.165, 1.54) is 23.1 Å². The van der Waals surface area contributed by atoms with Gasteiger partial charge >= 0.3 is 0 Å². The average Bonchev–Trinajstić information content (AvgIpc) is 2.92. The van der Waals surface area contributed by atoms with Gasteiger partial charge in [-0.3, -0.25) is 0 Å². The smallest absolute Gasteiger partial charge is 0.137 e. The van der Waals surface area contributed by atoms with Crippen molar-refractivity contribution in [3.05, 3.63) is 27.2 Å². The summed E-state index contributed by atoms with van der Waals surface area (Å²) < 4.78 is 6.80. The maximum Gasteiger partial charge on any atom is 0.137 e. The Bertz CT molecular complexity index is 504. The van der Waals surface area contributed by atoms with Crippen molar-refractivity contribution in [2.24, 2.45) is 0 Å². The van der Waals surface area contributed by atoms with Crippen LogP contribution < -0.4 is 4.74 Å². The van der Waals surface area contributed by atoms with Crippen LogP contribution >= 0.6 is 15.9 Å². The molecular weight excluding hydrogens is 278 g/mol. The second-order valence-electron chi connectivity index (χ2n) is 4.77. The van der Waals surface area contributed by atoms with Crippen LogP contribution in [0, 0.1) is 11.3 Å². The van der Waals surface area contributed by atoms with Crippen LogP contribution in [-0.4, -0.2) is 6.61 Å². The quantitative estimate of drug-likeness (QED) is 0.832. The van der Waals surface area contributed by atoms with Crippen molar-refractivity contribution in [2.75, 3.05) is 6.61 Å². The van der Waals surface area contributed by atoms with Crippen molar-refractivity contribution >= 4 is 15.9 Å². The molecule has 0 bridgehead atoms. The highest BCUT2D eigenvalue weighted by Gasteiger charge is 2.30. The molecule has 0 spiro atoms. The van der Waals surface area contributed by atoms with E-state index in [1.54, 1.807) is 0 Å². The number of hydrogen-bond acceptors (Lipinski definition) is 2. The third-order valence-corrected chi connectivity index (χ3v) is 4.43. The molecule has 0 N–H and O–H groups in total. The SMILES string of the molecule is N#CCCC1CCc2cc(Br)c3c(c21)CCO3. The Morgan fingerprint density at radius 1 is 1.47 bits per heavy atom. The van der Waals surface area contributed by atoms with Crippen LogP contribution in [0.4, 0.5) is 0 Å². The fourth-order valence-electron chi connectivity index (χ4n) is 3.13. The number of rotatable bonds is 2. The monoisotopic (exact) mass is 291 g/mol. The summed E-state index contributed by atoms with van der Waals surface area (Å²) in [6.45, 7) is 0.801. The fourth-order valence-corrected chi connectivity index (χ4v) is 3.76. The predicted octanol–water partition coefficient (Wildman–Crippen LogP) is 3.72. The van der Waals surface area contributed by atoms with Gasteiger partial charge in [-0.15, -0.1) is 0 Å². The third kappa shape index (κ3) is 1.75. The number of hydrogen-bond donors (Lipinski definition) is 0. The summed E-state index contributed by atoms with van der Waals surface area (Å²) in [6.07, 6.45) is 5.03. The van der Waals surface area contributed by atoms with Gasteiger partial charge in [-0.05, 0) is 58.3 Å². The normalized spacial score (nSPS) is 20.6. The number of nitriles is 1. The molecule has 1 atom stereocenters. The predicted molar refractivity (Wildman–Crippen MR) is 69.3 cm³/mol. The Kier molecular flexibility index (Phi) is 2.84. The van der Waals surface area contributed by atoms with Crippen LogP contribution in [-0.2, 0) is 12.8 Å². The summed E-state index contributed by atoms with van der Waals surface area (Å²) >= 11 is 3.60. The zero-order valence-electron chi connectivity index (χ0n) is 9.63. The highest BCUT2D eigenvalue weighted by atomic mass is 79.9. The first kappa shape index (κ1) is 11.1. The molecule has 2 nitrogen and oxygen atoms in total. The van der Waals surface area contributed by atoms with E-state index >= 15 is 0 Å². The van der Waals surface area contributed by atoms with E-state index in [2.05, 4.69) is 28.1 Å². The van der Waals surface area contributed by atoms with E-state index in [-0.39, 0.29) is 0 Å². The lowest BCUT2D eigenvalue weighted by molar-refractivity contribution is 0.355. The fraction of sp³-hybridized carbons (Fsp3) is 0.500. The summed E-state index contributed by atoms with van der Waals surface area (Å²) in [5.41, 5.74) is 4.36. The van der Waals surface area contributed by atoms with Crippen LogP contribution in [0.25, 0.3) is 0 Å². The number of aryl methyl sites for hydroxylation is 1. The van der Waals surface area contributed by atoms with Crippen LogP contribution in [0.1, 0.15) is 41.9 Å². The van der Waals surface area contributed by atoms with Crippen molar-refractivity contribution in [3.63, 3.8) is 0 Å². The Morgan fingerprint density at radius 3 is 3.18 bits per heavy atom. The van der Waals surface area contributed by atoms with Gasteiger partial charge in [0.15, 0.2) is 0 Å². The number of benzene rings is 1. The van der Waals surface area contributed by atoms with Crippen molar-refractivity contribution in [1.29, 1.82) is 5.26 Å². The molecule has 2 aliphatic rings. The molecule has 1 unspecified atom stereocenters. The molecule has 1 aromatic rings. The second-order valence-corrected chi connectivity index (χ2v) is 5.62. The minimum atomic E-state index is 0.577. The molecule has 3 heteroatoms. The van der Waals surface area contributed by atoms with Gasteiger partial charge in [-0.25, -0.2) is 0 Å². The van der Waals surface area contributed by atoms with E-state index in [0.29, 0.717) is 12.3 Å². The Morgan fingerprint density at radius 2 is 2.35 bits per heavy atom. The number of ether oxygens (including phenoxy) is 1. The lowest BCUT2D eigenvalue weighted by Crippen LogP contribution is -1.98. The summed E-state index contributed by atoms with van der Waals surface area (Å²) in [5.74, 6) is 1.63. The minimum Gasteiger partial charge on any atom is -0.492 e. The molecule has 1 aliphatic heterocycles. The summed E-state index contributed by atoms with van der Waals surface area (Å²) in [6, 6.07) is 4.48. The van der Waals surface area contributed by atoms with Crippen LogP contribution in [0.2, 0.25) is 0 Å². The van der Waals surface area contributed by atoms with Gasteiger partial charge in [0, 0.05) is 18.4 Å². The summed E-state index contributed by atoms with van der Waals surface area (Å²) in [7, 11) is 0. The standard InChI is InChI=1S/C14H14BrNO/c15-12-8-10-4-3-9(2-1-6-16)13(10)11-5-7-17-14(11)12/h8-9H,1-5,7H2. The molecule has 0 amide bonds. The lowest BCUT2D eigenvalue weighted by Gasteiger charge is -2.14. The van der Waals surface area contributed by atoms with Gasteiger partial charge in [0.05, 0.1) is 17.1 Å². The van der Waals surface area contributed by atoms with Crippen molar-refractivity contribution in [2.45, 2.75) is 38.0 Å². The molecular formula is C14H14BrNO. The maximum atomic E-state index is 8.73. The highest BCUT2D eigenvalue weighted by molar-refractivity contribution is 9.10. The number of fused-ring (bicyclic) bond motifs is 3. The van der Waals surface area contributed by atoms with E-state index in [1.807, 2.05) is 0 Å². The zero-order chi connectivity index (χ0) is 11.8. The molecule has 0 fully saturated rings. The van der Waals surface area contributed by atoms with E-state index < -0.39 is 0 Å². The second kappa shape index (κ2) is 4.34. The van der Waals surface area contributed by atoms with Crippen LogP contribution in [0.15, 0.2) is 10.5 Å². The van der Waals surface area contributed by atoms with Gasteiger partial charge in [0.1, 0.15) is 5.75 Å². The van der Waals surface area contributed by atoms with Crippen LogP contribution in [0.5, 0.6) is 5.75 Å². The first-order chi connectivity index (χ1) is 8.31. The molecule has 1 aliphatic carbocycles. The van der Waals surface area contributed by atoms with Gasteiger partial charge < -0.3 is 4.74 Å². The minimum absolute atomic E-state index is 0.577. The molecule has 0 saturated carbocycles. The maximum absolute atomic E-state index is 8.73. The van der Waals surface area contributed by atoms with Crippen molar-refractivity contribution in [1.82, 2.24) is 0 Å². The molecule has 1 aromatic carbocycles. The lowest BCUT2D eigenvalue weighted by atomic mass is 9.91. The summed E-state index contributed by atoms with van der Waals surface area (Å²) in [4.78, 5) is 0. The first-order valence-electron chi connectivity index (χ1n) is 6.15. The average molecular weight is 292 g/mol. The molecule has 1 heterocycles. The Balaban J connectivity index is 2.03. The molecule has 88 valence electrons. The molecule has 0 radical (unpaired) electrons.